The second kappa shape index (κ2) is 8.63. The van der Waals surface area contributed by atoms with Gasteiger partial charge in [0.15, 0.2) is 0 Å². The van der Waals surface area contributed by atoms with Gasteiger partial charge in [-0.15, -0.1) is 11.3 Å². The van der Waals surface area contributed by atoms with Crippen LogP contribution in [0.4, 0.5) is 5.69 Å². The van der Waals surface area contributed by atoms with Crippen LogP contribution in [0.2, 0.25) is 0 Å². The number of esters is 1. The van der Waals surface area contributed by atoms with Crippen molar-refractivity contribution in [2.75, 3.05) is 26.1 Å². The second-order valence-electron chi connectivity index (χ2n) is 6.83. The Hall–Kier alpha value is -2.90. The number of aromatic nitrogens is 1. The molecule has 0 saturated carbocycles. The Morgan fingerprint density at radius 3 is 2.79 bits per heavy atom. The van der Waals surface area contributed by atoms with Gasteiger partial charge in [0.2, 0.25) is 5.88 Å². The summed E-state index contributed by atoms with van der Waals surface area (Å²) < 4.78 is 16.3. The van der Waals surface area contributed by atoms with Gasteiger partial charge in [-0.2, -0.15) is 0 Å². The van der Waals surface area contributed by atoms with Crippen molar-refractivity contribution in [1.82, 2.24) is 4.98 Å². The Kier molecular flexibility index (Phi) is 5.78. The lowest BCUT2D eigenvalue weighted by molar-refractivity contribution is 0.0600. The van der Waals surface area contributed by atoms with E-state index >= 15 is 0 Å². The number of benzene rings is 1. The summed E-state index contributed by atoms with van der Waals surface area (Å²) in [7, 11) is 1.36. The van der Waals surface area contributed by atoms with Crippen molar-refractivity contribution in [3.63, 3.8) is 0 Å². The van der Waals surface area contributed by atoms with Crippen molar-refractivity contribution >= 4 is 23.0 Å². The van der Waals surface area contributed by atoms with Crippen molar-refractivity contribution < 1.29 is 19.0 Å². The lowest BCUT2D eigenvalue weighted by atomic mass is 9.96. The monoisotopic (exact) mass is 410 g/mol. The third-order valence-electron chi connectivity index (χ3n) is 4.95. The molecule has 0 radical (unpaired) electrons. The number of ether oxygens (including phenoxy) is 3. The zero-order valence-electron chi connectivity index (χ0n) is 16.1. The number of anilines is 1. The highest BCUT2D eigenvalue weighted by Crippen LogP contribution is 2.38. The van der Waals surface area contributed by atoms with Gasteiger partial charge in [0, 0.05) is 12.5 Å². The van der Waals surface area contributed by atoms with Crippen LogP contribution in [0, 0.1) is 0 Å². The lowest BCUT2D eigenvalue weighted by Crippen LogP contribution is -2.08. The van der Waals surface area contributed by atoms with Crippen molar-refractivity contribution in [2.24, 2.45) is 0 Å². The van der Waals surface area contributed by atoms with Gasteiger partial charge in [0.1, 0.15) is 6.61 Å². The maximum absolute atomic E-state index is 11.6. The van der Waals surface area contributed by atoms with E-state index in [1.54, 1.807) is 23.5 Å². The molecule has 3 heterocycles. The van der Waals surface area contributed by atoms with Crippen LogP contribution in [0.15, 0.2) is 47.8 Å². The van der Waals surface area contributed by atoms with Gasteiger partial charge >= 0.3 is 5.97 Å². The molecular weight excluding hydrogens is 388 g/mol. The van der Waals surface area contributed by atoms with E-state index in [9.17, 15) is 4.79 Å². The maximum Gasteiger partial charge on any atom is 0.337 e. The number of carbonyl (C=O) groups excluding carboxylic acids is 1. The van der Waals surface area contributed by atoms with Gasteiger partial charge in [-0.25, -0.2) is 9.78 Å². The maximum atomic E-state index is 11.6. The summed E-state index contributed by atoms with van der Waals surface area (Å²) >= 11 is 1.63. The Labute approximate surface area is 173 Å². The van der Waals surface area contributed by atoms with Crippen LogP contribution in [0.25, 0.3) is 10.6 Å². The van der Waals surface area contributed by atoms with E-state index in [0.717, 1.165) is 34.7 Å². The first-order valence-electron chi connectivity index (χ1n) is 9.38. The second-order valence-corrected chi connectivity index (χ2v) is 7.78. The van der Waals surface area contributed by atoms with Crippen molar-refractivity contribution in [1.29, 1.82) is 0 Å². The van der Waals surface area contributed by atoms with E-state index in [4.69, 9.17) is 19.9 Å². The molecule has 1 atom stereocenters. The molecule has 1 aliphatic heterocycles. The minimum atomic E-state index is -0.365. The molecule has 29 heavy (non-hydrogen) atoms. The number of hydrogen-bond acceptors (Lipinski definition) is 7. The van der Waals surface area contributed by atoms with Crippen molar-refractivity contribution in [3.05, 3.63) is 64.5 Å². The van der Waals surface area contributed by atoms with Gasteiger partial charge < -0.3 is 19.9 Å². The zero-order valence-corrected chi connectivity index (χ0v) is 16.9. The van der Waals surface area contributed by atoms with Gasteiger partial charge in [-0.3, -0.25) is 0 Å². The van der Waals surface area contributed by atoms with Crippen LogP contribution >= 0.6 is 11.3 Å². The molecule has 6 nitrogen and oxygen atoms in total. The van der Waals surface area contributed by atoms with E-state index in [0.29, 0.717) is 30.3 Å². The number of nitrogens with two attached hydrogens (primary N) is 1. The lowest BCUT2D eigenvalue weighted by Gasteiger charge is -2.17. The zero-order chi connectivity index (χ0) is 20.2. The Morgan fingerprint density at radius 2 is 2.14 bits per heavy atom. The molecule has 2 aromatic heterocycles. The standard InChI is InChI=1S/C22H22N2O4S/c1-26-22(25)15-6-4-14(5-7-15)12-28-21-20(23)17(16-8-9-27-13-16)11-18(24-21)19-3-2-10-29-19/h2-7,10-11,16H,8-9,12-13,23H2,1H3. The summed E-state index contributed by atoms with van der Waals surface area (Å²) in [6, 6.07) is 13.2. The van der Waals surface area contributed by atoms with Crippen LogP contribution in [-0.2, 0) is 16.1 Å². The summed E-state index contributed by atoms with van der Waals surface area (Å²) in [5.41, 5.74) is 10.3. The smallest absolute Gasteiger partial charge is 0.337 e. The number of hydrogen-bond donors (Lipinski definition) is 1. The number of pyridine rings is 1. The predicted octanol–water partition coefficient (Wildman–Crippen LogP) is 4.26. The number of nitrogen functional groups attached to an aromatic ring is 1. The van der Waals surface area contributed by atoms with Crippen molar-refractivity contribution in [2.45, 2.75) is 18.9 Å². The summed E-state index contributed by atoms with van der Waals surface area (Å²) in [6.07, 6.45) is 0.937. The highest BCUT2D eigenvalue weighted by molar-refractivity contribution is 7.13. The molecule has 0 amide bonds. The number of rotatable bonds is 6. The average Bonchev–Trinajstić information content (AvgIpc) is 3.47. The minimum Gasteiger partial charge on any atom is -0.471 e. The first-order chi connectivity index (χ1) is 14.2. The fourth-order valence-corrected chi connectivity index (χ4v) is 4.02. The molecule has 1 unspecified atom stereocenters. The van der Waals surface area contributed by atoms with E-state index in [-0.39, 0.29) is 11.9 Å². The van der Waals surface area contributed by atoms with Crippen LogP contribution in [0.5, 0.6) is 5.88 Å². The number of nitrogens with zero attached hydrogens (tertiary/aromatic N) is 1. The molecular formula is C22H22N2O4S. The molecule has 0 aliphatic carbocycles. The molecule has 1 aromatic carbocycles. The minimum absolute atomic E-state index is 0.249. The molecule has 7 heteroatoms. The highest BCUT2D eigenvalue weighted by atomic mass is 32.1. The number of carbonyl (C=O) groups is 1. The Bertz CT molecular complexity index is 981. The summed E-state index contributed by atoms with van der Waals surface area (Å²) in [6.45, 7) is 1.70. The summed E-state index contributed by atoms with van der Waals surface area (Å²) in [4.78, 5) is 17.3. The number of thiophene rings is 1. The molecule has 1 aliphatic rings. The summed E-state index contributed by atoms with van der Waals surface area (Å²) in [5.74, 6) is 0.309. The van der Waals surface area contributed by atoms with E-state index < -0.39 is 0 Å². The number of methoxy groups -OCH3 is 1. The van der Waals surface area contributed by atoms with Gasteiger partial charge in [-0.1, -0.05) is 18.2 Å². The van der Waals surface area contributed by atoms with Crippen LogP contribution < -0.4 is 10.5 Å². The molecule has 2 N–H and O–H groups in total. The quantitative estimate of drug-likeness (QED) is 0.611. The molecule has 3 aromatic rings. The third kappa shape index (κ3) is 4.26. The fourth-order valence-electron chi connectivity index (χ4n) is 3.34. The van der Waals surface area contributed by atoms with Gasteiger partial charge in [0.05, 0.1) is 35.5 Å². The topological polar surface area (TPSA) is 83.7 Å². The Morgan fingerprint density at radius 1 is 1.31 bits per heavy atom. The van der Waals surface area contributed by atoms with Crippen LogP contribution in [0.3, 0.4) is 0 Å². The third-order valence-corrected chi connectivity index (χ3v) is 5.84. The fraction of sp³-hybridized carbons (Fsp3) is 0.273. The Balaban J connectivity index is 1.59. The largest absolute Gasteiger partial charge is 0.471 e. The molecule has 4 rings (SSSR count). The SMILES string of the molecule is COC(=O)c1ccc(COc2nc(-c3cccs3)cc(C3CCOC3)c2N)cc1. The molecule has 0 spiro atoms. The predicted molar refractivity (Wildman–Crippen MR) is 112 cm³/mol. The normalized spacial score (nSPS) is 16.0. The van der Waals surface area contributed by atoms with E-state index in [1.807, 2.05) is 29.6 Å². The average molecular weight is 410 g/mol. The van der Waals surface area contributed by atoms with Crippen LogP contribution in [-0.4, -0.2) is 31.3 Å². The highest BCUT2D eigenvalue weighted by Gasteiger charge is 2.24. The van der Waals surface area contributed by atoms with E-state index in [2.05, 4.69) is 11.1 Å². The first-order valence-corrected chi connectivity index (χ1v) is 10.3. The van der Waals surface area contributed by atoms with E-state index in [1.165, 1.54) is 7.11 Å². The van der Waals surface area contributed by atoms with Crippen molar-refractivity contribution in [3.8, 4) is 16.5 Å². The molecule has 0 bridgehead atoms. The van der Waals surface area contributed by atoms with Gasteiger partial charge in [-0.05, 0) is 47.2 Å². The van der Waals surface area contributed by atoms with Crippen LogP contribution in [0.1, 0.15) is 33.8 Å². The van der Waals surface area contributed by atoms with Gasteiger partial charge in [0.25, 0.3) is 0 Å². The molecule has 1 fully saturated rings. The summed E-state index contributed by atoms with van der Waals surface area (Å²) in [5, 5.41) is 2.02. The molecule has 1 saturated heterocycles. The molecule has 150 valence electrons. The first kappa shape index (κ1) is 19.4.